The fourth-order valence-corrected chi connectivity index (χ4v) is 5.15. The van der Waals surface area contributed by atoms with Gasteiger partial charge in [-0.3, -0.25) is 0 Å². The highest BCUT2D eigenvalue weighted by molar-refractivity contribution is 7.18. The van der Waals surface area contributed by atoms with Gasteiger partial charge in [0, 0.05) is 28.8 Å². The van der Waals surface area contributed by atoms with Gasteiger partial charge in [-0.25, -0.2) is 0 Å². The minimum absolute atomic E-state index is 0.0674. The molecule has 0 aliphatic carbocycles. The summed E-state index contributed by atoms with van der Waals surface area (Å²) in [5, 5.41) is 52.5. The Kier molecular flexibility index (Phi) is 5.91. The molecule has 7 N–H and O–H groups in total. The highest BCUT2D eigenvalue weighted by Crippen LogP contribution is 2.49. The number of aliphatic hydroxyl groups is 5. The monoisotopic (exact) mass is 410 g/mol. The first-order valence-corrected chi connectivity index (χ1v) is 10.4. The number of benzene rings is 1. The van der Waals surface area contributed by atoms with Crippen molar-refractivity contribution in [3.05, 3.63) is 23.1 Å². The molecule has 7 nitrogen and oxygen atoms in total. The van der Waals surface area contributed by atoms with Crippen molar-refractivity contribution in [2.75, 3.05) is 23.8 Å². The van der Waals surface area contributed by atoms with Crippen LogP contribution in [0.2, 0.25) is 0 Å². The smallest absolute Gasteiger partial charge is 0.111 e. The number of hydrogen-bond acceptors (Lipinski definition) is 8. The number of hydrogen-bond donors (Lipinski definition) is 6. The lowest BCUT2D eigenvalue weighted by molar-refractivity contribution is -0.113. The molecule has 0 saturated heterocycles. The maximum absolute atomic E-state index is 10.6. The molecule has 2 heterocycles. The fourth-order valence-electron chi connectivity index (χ4n) is 4.32. The van der Waals surface area contributed by atoms with Gasteiger partial charge in [-0.2, -0.15) is 0 Å². The zero-order valence-corrected chi connectivity index (χ0v) is 17.2. The number of β-amino-alcohol motifs (C(OH)–C–C–N with tert-alkyl or cyclic N) is 1. The number of thiophene rings is 1. The Bertz CT molecular complexity index is 839. The Hall–Kier alpha value is -1.42. The summed E-state index contributed by atoms with van der Waals surface area (Å²) in [5.41, 5.74) is 8.76. The summed E-state index contributed by atoms with van der Waals surface area (Å²) in [6.45, 7) is 5.69. The molecular formula is C20H30N2O5S. The summed E-state index contributed by atoms with van der Waals surface area (Å²) >= 11 is 1.56. The van der Waals surface area contributed by atoms with Crippen LogP contribution < -0.4 is 10.6 Å². The zero-order chi connectivity index (χ0) is 20.8. The molecule has 156 valence electrons. The van der Waals surface area contributed by atoms with E-state index in [2.05, 4.69) is 25.7 Å². The van der Waals surface area contributed by atoms with Crippen LogP contribution in [0.3, 0.4) is 0 Å². The van der Waals surface area contributed by atoms with E-state index in [1.807, 2.05) is 17.5 Å². The molecule has 1 aromatic heterocycles. The van der Waals surface area contributed by atoms with Gasteiger partial charge in [0.2, 0.25) is 0 Å². The highest BCUT2D eigenvalue weighted by atomic mass is 32.1. The van der Waals surface area contributed by atoms with Crippen LogP contribution in [0.4, 0.5) is 11.4 Å². The maximum atomic E-state index is 10.6. The molecule has 1 aliphatic rings. The number of nitrogen functional groups attached to an aromatic ring is 1. The van der Waals surface area contributed by atoms with Crippen molar-refractivity contribution in [3.63, 3.8) is 0 Å². The number of aliphatic hydroxyl groups excluding tert-OH is 5. The van der Waals surface area contributed by atoms with E-state index in [1.165, 1.54) is 0 Å². The second kappa shape index (κ2) is 7.78. The van der Waals surface area contributed by atoms with Crippen molar-refractivity contribution in [1.82, 2.24) is 0 Å². The van der Waals surface area contributed by atoms with Gasteiger partial charge in [-0.15, -0.1) is 11.3 Å². The molecule has 0 spiro atoms. The van der Waals surface area contributed by atoms with Gasteiger partial charge in [0.15, 0.2) is 0 Å². The molecule has 5 unspecified atom stereocenters. The van der Waals surface area contributed by atoms with Gasteiger partial charge in [-0.05, 0) is 49.3 Å². The molecule has 0 amide bonds. The van der Waals surface area contributed by atoms with Gasteiger partial charge < -0.3 is 36.2 Å². The normalized spacial score (nSPS) is 23.3. The van der Waals surface area contributed by atoms with Crippen LogP contribution in [0, 0.1) is 0 Å². The molecular weight excluding hydrogens is 380 g/mol. The Morgan fingerprint density at radius 1 is 1.21 bits per heavy atom. The second-order valence-electron chi connectivity index (χ2n) is 8.39. The first-order valence-electron chi connectivity index (χ1n) is 9.48. The second-order valence-corrected chi connectivity index (χ2v) is 9.31. The molecule has 0 fully saturated rings. The molecule has 5 atom stereocenters. The topological polar surface area (TPSA) is 130 Å². The van der Waals surface area contributed by atoms with Crippen LogP contribution in [0.25, 0.3) is 10.1 Å². The Balaban J connectivity index is 2.01. The molecule has 1 aromatic carbocycles. The Morgan fingerprint density at radius 3 is 2.50 bits per heavy atom. The molecule has 0 bridgehead atoms. The van der Waals surface area contributed by atoms with Gasteiger partial charge >= 0.3 is 0 Å². The van der Waals surface area contributed by atoms with Crippen LogP contribution in [-0.2, 0) is 0 Å². The molecule has 2 aromatic rings. The number of nitrogens with two attached hydrogens (primary N) is 1. The van der Waals surface area contributed by atoms with E-state index in [0.29, 0.717) is 0 Å². The van der Waals surface area contributed by atoms with Crippen molar-refractivity contribution < 1.29 is 25.5 Å². The van der Waals surface area contributed by atoms with Gasteiger partial charge in [0.1, 0.15) is 18.3 Å². The summed E-state index contributed by atoms with van der Waals surface area (Å²) in [5.74, 6) is 0.275. The minimum atomic E-state index is -1.64. The van der Waals surface area contributed by atoms with Crippen molar-refractivity contribution >= 4 is 32.8 Å². The molecule has 1 aliphatic heterocycles. The lowest BCUT2D eigenvalue weighted by Crippen LogP contribution is -2.55. The standard InChI is InChI=1S/C20H30N2O5S/c1-10-7-20(2,3)22(8-14(24)17(26)18(27)15(25)9-23)16-11-4-5-28-19(11)13(21)6-12(10)16/h4-6,10,14-15,17-18,23-27H,7-9,21H2,1-3H3. The summed E-state index contributed by atoms with van der Waals surface area (Å²) in [7, 11) is 0. The van der Waals surface area contributed by atoms with E-state index < -0.39 is 31.0 Å². The Morgan fingerprint density at radius 2 is 1.86 bits per heavy atom. The fraction of sp³-hybridized carbons (Fsp3) is 0.600. The average molecular weight is 411 g/mol. The average Bonchev–Trinajstić information content (AvgIpc) is 3.13. The van der Waals surface area contributed by atoms with Crippen molar-refractivity contribution in [1.29, 1.82) is 0 Å². The molecule has 0 radical (unpaired) electrons. The van der Waals surface area contributed by atoms with E-state index in [0.717, 1.165) is 33.4 Å². The van der Waals surface area contributed by atoms with Crippen molar-refractivity contribution in [3.8, 4) is 0 Å². The predicted molar refractivity (Wildman–Crippen MR) is 112 cm³/mol. The van der Waals surface area contributed by atoms with Gasteiger partial charge in [-0.1, -0.05) is 6.92 Å². The molecule has 0 saturated carbocycles. The van der Waals surface area contributed by atoms with E-state index in [4.69, 9.17) is 10.8 Å². The summed E-state index contributed by atoms with van der Waals surface area (Å²) < 4.78 is 0.986. The van der Waals surface area contributed by atoms with E-state index in [9.17, 15) is 20.4 Å². The van der Waals surface area contributed by atoms with Crippen LogP contribution in [0.15, 0.2) is 17.5 Å². The SMILES string of the molecule is CC1CC(C)(C)N(CC(O)C(O)C(O)C(O)CO)c2c1cc(N)c1sccc21. The minimum Gasteiger partial charge on any atom is -0.398 e. The van der Waals surface area contributed by atoms with Crippen LogP contribution in [0.5, 0.6) is 0 Å². The van der Waals surface area contributed by atoms with Crippen LogP contribution >= 0.6 is 11.3 Å². The van der Waals surface area contributed by atoms with Gasteiger partial charge in [0.25, 0.3) is 0 Å². The van der Waals surface area contributed by atoms with Crippen LogP contribution in [-0.4, -0.2) is 68.6 Å². The lowest BCUT2D eigenvalue weighted by Gasteiger charge is -2.49. The maximum Gasteiger partial charge on any atom is 0.111 e. The third-order valence-corrected chi connectivity index (χ3v) is 6.76. The van der Waals surface area contributed by atoms with E-state index >= 15 is 0 Å². The zero-order valence-electron chi connectivity index (χ0n) is 16.4. The first kappa shape index (κ1) is 21.3. The van der Waals surface area contributed by atoms with Crippen molar-refractivity contribution in [2.45, 2.75) is 63.1 Å². The summed E-state index contributed by atoms with van der Waals surface area (Å²) in [6.07, 6.45) is -5.23. The number of anilines is 2. The summed E-state index contributed by atoms with van der Waals surface area (Å²) in [4.78, 5) is 2.06. The highest BCUT2D eigenvalue weighted by Gasteiger charge is 2.40. The van der Waals surface area contributed by atoms with E-state index in [1.54, 1.807) is 11.3 Å². The molecule has 8 heteroatoms. The largest absolute Gasteiger partial charge is 0.398 e. The number of rotatable bonds is 6. The quantitative estimate of drug-likeness (QED) is 0.392. The number of fused-ring (bicyclic) bond motifs is 3. The predicted octanol–water partition coefficient (Wildman–Crippen LogP) is 1.01. The number of nitrogens with zero attached hydrogens (tertiary/aromatic N) is 1. The third-order valence-electron chi connectivity index (χ3n) is 5.80. The first-order chi connectivity index (χ1) is 13.1. The van der Waals surface area contributed by atoms with E-state index in [-0.39, 0.29) is 18.0 Å². The van der Waals surface area contributed by atoms with Crippen molar-refractivity contribution in [2.24, 2.45) is 0 Å². The van der Waals surface area contributed by atoms with Crippen LogP contribution in [0.1, 0.15) is 38.7 Å². The molecule has 3 rings (SSSR count). The molecule has 28 heavy (non-hydrogen) atoms. The third kappa shape index (κ3) is 3.60. The van der Waals surface area contributed by atoms with Gasteiger partial charge in [0.05, 0.1) is 17.4 Å². The lowest BCUT2D eigenvalue weighted by atomic mass is 9.79. The summed E-state index contributed by atoms with van der Waals surface area (Å²) in [6, 6.07) is 4.01. The Labute approximate surface area is 168 Å².